The highest BCUT2D eigenvalue weighted by Gasteiger charge is 2.60. The predicted octanol–water partition coefficient (Wildman–Crippen LogP) is 4.96. The summed E-state index contributed by atoms with van der Waals surface area (Å²) in [5, 5.41) is 1.01. The molecule has 2 unspecified atom stereocenters. The Morgan fingerprint density at radius 3 is 2.22 bits per heavy atom. The fraction of sp³-hybridized carbons (Fsp3) is 0.357. The number of halogens is 3. The lowest BCUT2D eigenvalue weighted by Gasteiger charge is -2.01. The number of rotatable bonds is 3. The van der Waals surface area contributed by atoms with Gasteiger partial charge in [0.1, 0.15) is 0 Å². The maximum atomic E-state index is 11.3. The first-order valence-corrected chi connectivity index (χ1v) is 6.80. The summed E-state index contributed by atoms with van der Waals surface area (Å²) >= 11 is 17.7. The molecule has 0 aromatic heterocycles. The number of carbonyl (C=O) groups excluding carboxylic acids is 1. The largest absolute Gasteiger partial charge is 0.281 e. The van der Waals surface area contributed by atoms with E-state index in [-0.39, 0.29) is 22.5 Å². The Balaban J connectivity index is 2.20. The highest BCUT2D eigenvalue weighted by molar-refractivity contribution is 6.64. The van der Waals surface area contributed by atoms with E-state index in [2.05, 4.69) is 0 Å². The maximum absolute atomic E-state index is 11.3. The van der Waals surface area contributed by atoms with Gasteiger partial charge in [-0.25, -0.2) is 0 Å². The second-order valence-electron chi connectivity index (χ2n) is 5.15. The molecule has 0 amide bonds. The second-order valence-corrected chi connectivity index (χ2v) is 6.37. The molecule has 2 atom stereocenters. The molecule has 2 rings (SSSR count). The monoisotopic (exact) mass is 302 g/mol. The Bertz CT molecular complexity index is 502. The van der Waals surface area contributed by atoms with Gasteiger partial charge in [-0.3, -0.25) is 4.79 Å². The van der Waals surface area contributed by atoms with Gasteiger partial charge in [-0.15, -0.1) is 0 Å². The molecule has 0 bridgehead atoms. The molecule has 1 saturated carbocycles. The molecule has 1 nitrogen and oxygen atoms in total. The Morgan fingerprint density at radius 2 is 1.78 bits per heavy atom. The summed E-state index contributed by atoms with van der Waals surface area (Å²) in [4.78, 5) is 11.3. The third kappa shape index (κ3) is 2.59. The molecule has 0 saturated heterocycles. The van der Waals surface area contributed by atoms with Gasteiger partial charge in [0.05, 0.1) is 0 Å². The molecule has 0 N–H and O–H groups in total. The first-order chi connectivity index (χ1) is 8.34. The van der Waals surface area contributed by atoms with Crippen LogP contribution in [0.2, 0.25) is 5.02 Å². The van der Waals surface area contributed by atoms with Crippen molar-refractivity contribution in [2.24, 2.45) is 17.3 Å². The molecule has 0 aliphatic heterocycles. The molecule has 96 valence electrons. The molecule has 0 spiro atoms. The van der Waals surface area contributed by atoms with Crippen LogP contribution in [0.1, 0.15) is 19.4 Å². The van der Waals surface area contributed by atoms with Gasteiger partial charge in [-0.2, -0.15) is 0 Å². The molecule has 4 heteroatoms. The van der Waals surface area contributed by atoms with E-state index in [4.69, 9.17) is 34.8 Å². The standard InChI is InChI=1S/C14H13Cl3O/c1-14(2)10(12(14)13(17)18)7-11(16)8-3-5-9(15)6-4-8/h3-7,10,12H,1-2H3/b11-7+. The summed E-state index contributed by atoms with van der Waals surface area (Å²) in [7, 11) is 0. The van der Waals surface area contributed by atoms with E-state index in [0.717, 1.165) is 5.56 Å². The smallest absolute Gasteiger partial charge is 0.225 e. The van der Waals surface area contributed by atoms with Crippen molar-refractivity contribution in [1.29, 1.82) is 0 Å². The molecular weight excluding hydrogens is 291 g/mol. The number of benzene rings is 1. The Labute approximate surface area is 122 Å². The van der Waals surface area contributed by atoms with Crippen molar-refractivity contribution in [3.05, 3.63) is 40.9 Å². The minimum Gasteiger partial charge on any atom is -0.281 e. The lowest BCUT2D eigenvalue weighted by Crippen LogP contribution is -1.96. The van der Waals surface area contributed by atoms with Gasteiger partial charge in [0.2, 0.25) is 5.24 Å². The molecule has 1 aliphatic rings. The van der Waals surface area contributed by atoms with Gasteiger partial charge in [0.25, 0.3) is 0 Å². The summed E-state index contributed by atoms with van der Waals surface area (Å²) < 4.78 is 0. The number of hydrogen-bond acceptors (Lipinski definition) is 1. The van der Waals surface area contributed by atoms with Crippen LogP contribution < -0.4 is 0 Å². The van der Waals surface area contributed by atoms with Gasteiger partial charge < -0.3 is 0 Å². The van der Waals surface area contributed by atoms with Crippen LogP contribution in [0.3, 0.4) is 0 Å². The van der Waals surface area contributed by atoms with E-state index in [1.807, 2.05) is 32.1 Å². The van der Waals surface area contributed by atoms with E-state index in [1.165, 1.54) is 0 Å². The van der Waals surface area contributed by atoms with Crippen LogP contribution in [0, 0.1) is 17.3 Å². The van der Waals surface area contributed by atoms with Crippen LogP contribution in [0.5, 0.6) is 0 Å². The zero-order valence-corrected chi connectivity index (χ0v) is 12.4. The SMILES string of the molecule is CC1(C)C(/C=C(/Cl)c2ccc(Cl)cc2)C1C(=O)Cl. The average Bonchev–Trinajstić information content (AvgIpc) is 2.81. The summed E-state index contributed by atoms with van der Waals surface area (Å²) in [6, 6.07) is 7.28. The normalized spacial score (nSPS) is 25.9. The summed E-state index contributed by atoms with van der Waals surface area (Å²) in [6.45, 7) is 4.04. The number of hydrogen-bond donors (Lipinski definition) is 0. The van der Waals surface area contributed by atoms with Crippen LogP contribution in [0.15, 0.2) is 30.3 Å². The Kier molecular flexibility index (Phi) is 3.77. The lowest BCUT2D eigenvalue weighted by molar-refractivity contribution is -0.113. The van der Waals surface area contributed by atoms with Crippen molar-refractivity contribution >= 4 is 45.1 Å². The topological polar surface area (TPSA) is 17.1 Å². The molecular formula is C14H13Cl3O. The number of carbonyl (C=O) groups is 1. The third-order valence-electron chi connectivity index (χ3n) is 3.60. The molecule has 1 aromatic carbocycles. The van der Waals surface area contributed by atoms with Crippen LogP contribution >= 0.6 is 34.8 Å². The fourth-order valence-electron chi connectivity index (χ4n) is 2.29. The van der Waals surface area contributed by atoms with Crippen LogP contribution in [-0.4, -0.2) is 5.24 Å². The van der Waals surface area contributed by atoms with E-state index in [9.17, 15) is 4.79 Å². The summed E-state index contributed by atoms with van der Waals surface area (Å²) in [5.41, 5.74) is 0.787. The quantitative estimate of drug-likeness (QED) is 0.721. The zero-order chi connectivity index (χ0) is 13.5. The fourth-order valence-corrected chi connectivity index (χ4v) is 3.09. The van der Waals surface area contributed by atoms with E-state index < -0.39 is 0 Å². The highest BCUT2D eigenvalue weighted by Crippen LogP contribution is 2.60. The first kappa shape index (κ1) is 13.9. The van der Waals surface area contributed by atoms with Crippen molar-refractivity contribution in [3.63, 3.8) is 0 Å². The first-order valence-electron chi connectivity index (χ1n) is 5.66. The molecule has 0 radical (unpaired) electrons. The molecule has 1 aliphatic carbocycles. The van der Waals surface area contributed by atoms with Gasteiger partial charge >= 0.3 is 0 Å². The average molecular weight is 304 g/mol. The van der Waals surface area contributed by atoms with Crippen LogP contribution in [0.25, 0.3) is 5.03 Å². The Morgan fingerprint density at radius 1 is 1.22 bits per heavy atom. The molecule has 1 aromatic rings. The van der Waals surface area contributed by atoms with E-state index in [1.54, 1.807) is 12.1 Å². The second kappa shape index (κ2) is 4.88. The van der Waals surface area contributed by atoms with Gasteiger partial charge in [0, 0.05) is 16.0 Å². The van der Waals surface area contributed by atoms with Gasteiger partial charge in [0.15, 0.2) is 0 Å². The van der Waals surface area contributed by atoms with E-state index >= 15 is 0 Å². The van der Waals surface area contributed by atoms with Crippen molar-refractivity contribution in [3.8, 4) is 0 Å². The molecule has 0 heterocycles. The molecule has 1 fully saturated rings. The maximum Gasteiger partial charge on any atom is 0.225 e. The van der Waals surface area contributed by atoms with Gasteiger partial charge in [-0.05, 0) is 40.6 Å². The predicted molar refractivity (Wildman–Crippen MR) is 76.9 cm³/mol. The summed E-state index contributed by atoms with van der Waals surface area (Å²) in [5.74, 6) is -0.0362. The highest BCUT2D eigenvalue weighted by atomic mass is 35.5. The van der Waals surface area contributed by atoms with Crippen molar-refractivity contribution in [2.75, 3.05) is 0 Å². The van der Waals surface area contributed by atoms with Crippen LogP contribution in [0.4, 0.5) is 0 Å². The third-order valence-corrected chi connectivity index (χ3v) is 4.43. The minimum absolute atomic E-state index is 0.102. The molecule has 18 heavy (non-hydrogen) atoms. The van der Waals surface area contributed by atoms with Crippen molar-refractivity contribution in [1.82, 2.24) is 0 Å². The lowest BCUT2D eigenvalue weighted by atomic mass is 10.1. The van der Waals surface area contributed by atoms with Crippen molar-refractivity contribution < 1.29 is 4.79 Å². The number of allylic oxidation sites excluding steroid dienone is 1. The zero-order valence-electron chi connectivity index (χ0n) is 10.1. The minimum atomic E-state index is -0.290. The van der Waals surface area contributed by atoms with Crippen molar-refractivity contribution in [2.45, 2.75) is 13.8 Å². The Hall–Kier alpha value is -0.500. The van der Waals surface area contributed by atoms with Crippen LogP contribution in [-0.2, 0) is 4.79 Å². The van der Waals surface area contributed by atoms with Gasteiger partial charge in [-0.1, -0.05) is 55.3 Å². The van der Waals surface area contributed by atoms with E-state index in [0.29, 0.717) is 10.1 Å². The summed E-state index contributed by atoms with van der Waals surface area (Å²) in [6.07, 6.45) is 1.91.